The number of aromatic nitrogens is 2. The van der Waals surface area contributed by atoms with Crippen LogP contribution in [0.25, 0.3) is 28.7 Å². The first-order chi connectivity index (χ1) is 8.45. The number of pyridine rings is 1. The molecule has 1 aliphatic rings. The first-order valence-electron chi connectivity index (χ1n) is 5.99. The molecular weight excluding hydrogens is 208 g/mol. The van der Waals surface area contributed by atoms with Gasteiger partial charge in [0.05, 0.1) is 5.52 Å². The van der Waals surface area contributed by atoms with E-state index >= 15 is 0 Å². The van der Waals surface area contributed by atoms with Gasteiger partial charge in [0.2, 0.25) is 0 Å². The zero-order chi connectivity index (χ0) is 11.2. The van der Waals surface area contributed by atoms with E-state index in [-0.39, 0.29) is 0 Å². The van der Waals surface area contributed by atoms with Gasteiger partial charge >= 0.3 is 0 Å². The van der Waals surface area contributed by atoms with Crippen molar-refractivity contribution in [1.82, 2.24) is 9.38 Å². The second kappa shape index (κ2) is 3.20. The lowest BCUT2D eigenvalue weighted by Gasteiger charge is -2.07. The van der Waals surface area contributed by atoms with Crippen LogP contribution in [0.4, 0.5) is 0 Å². The molecule has 0 atom stereocenters. The van der Waals surface area contributed by atoms with Gasteiger partial charge in [0.15, 0.2) is 0 Å². The summed E-state index contributed by atoms with van der Waals surface area (Å²) < 4.78 is 2.18. The fourth-order valence-electron chi connectivity index (χ4n) is 2.75. The van der Waals surface area contributed by atoms with Gasteiger partial charge in [-0.05, 0) is 24.1 Å². The molecule has 0 unspecified atom stereocenters. The summed E-state index contributed by atoms with van der Waals surface area (Å²) in [5.74, 6) is 0. The zero-order valence-corrected chi connectivity index (χ0v) is 9.43. The Morgan fingerprint density at radius 2 is 1.82 bits per heavy atom. The third kappa shape index (κ3) is 1.12. The van der Waals surface area contributed by atoms with Gasteiger partial charge < -0.3 is 0 Å². The van der Waals surface area contributed by atoms with E-state index in [0.29, 0.717) is 0 Å². The predicted molar refractivity (Wildman–Crippen MR) is 70.1 cm³/mol. The summed E-state index contributed by atoms with van der Waals surface area (Å²) in [6, 6.07) is 8.55. The van der Waals surface area contributed by atoms with E-state index in [4.69, 9.17) is 0 Å². The number of fused-ring (bicyclic) bond motifs is 6. The molecule has 17 heavy (non-hydrogen) atoms. The summed E-state index contributed by atoms with van der Waals surface area (Å²) in [7, 11) is 0. The van der Waals surface area contributed by atoms with Crippen LogP contribution in [0.5, 0.6) is 0 Å². The molecule has 0 aliphatic heterocycles. The molecule has 2 heterocycles. The highest BCUT2D eigenvalue weighted by molar-refractivity contribution is 5.84. The Morgan fingerprint density at radius 3 is 2.76 bits per heavy atom. The van der Waals surface area contributed by atoms with Crippen LogP contribution >= 0.6 is 0 Å². The van der Waals surface area contributed by atoms with Crippen molar-refractivity contribution in [3.63, 3.8) is 0 Å². The molecule has 0 spiro atoms. The molecule has 0 radical (unpaired) electrons. The molecule has 0 saturated carbocycles. The molecule has 0 amide bonds. The lowest BCUT2D eigenvalue weighted by atomic mass is 10.0. The Kier molecular flexibility index (Phi) is 1.69. The number of nitrogens with zero attached hydrogens (tertiary/aromatic N) is 2. The maximum atomic E-state index is 4.49. The van der Waals surface area contributed by atoms with E-state index in [2.05, 4.69) is 45.8 Å². The predicted octanol–water partition coefficient (Wildman–Crippen LogP) is 1.84. The molecule has 0 N–H and O–H groups in total. The van der Waals surface area contributed by atoms with Crippen LogP contribution in [0.15, 0.2) is 36.7 Å². The highest BCUT2D eigenvalue weighted by Crippen LogP contribution is 2.11. The molecule has 3 aromatic rings. The Hall–Kier alpha value is -2.09. The fourth-order valence-corrected chi connectivity index (χ4v) is 2.75. The van der Waals surface area contributed by atoms with Gasteiger partial charge in [-0.3, -0.25) is 4.40 Å². The van der Waals surface area contributed by atoms with E-state index in [0.717, 1.165) is 18.5 Å². The lowest BCUT2D eigenvalue weighted by Crippen LogP contribution is -2.30. The maximum absolute atomic E-state index is 4.49. The fraction of sp³-hybridized carbons (Fsp3) is 0.133. The smallest absolute Gasteiger partial charge is 0.144 e. The molecule has 1 aromatic carbocycles. The van der Waals surface area contributed by atoms with Crippen molar-refractivity contribution in [2.45, 2.75) is 12.8 Å². The van der Waals surface area contributed by atoms with Crippen molar-refractivity contribution >= 4 is 28.7 Å². The summed E-state index contributed by atoms with van der Waals surface area (Å²) in [6.45, 7) is 0. The Labute approximate surface area is 98.5 Å². The molecule has 0 fully saturated rings. The molecule has 2 heteroatoms. The summed E-state index contributed by atoms with van der Waals surface area (Å²) >= 11 is 0. The molecule has 2 aromatic heterocycles. The van der Waals surface area contributed by atoms with Crippen LogP contribution in [0.2, 0.25) is 0 Å². The molecule has 1 aliphatic carbocycles. The zero-order valence-electron chi connectivity index (χ0n) is 9.43. The van der Waals surface area contributed by atoms with Crippen molar-refractivity contribution in [3.05, 3.63) is 47.1 Å². The van der Waals surface area contributed by atoms with Crippen LogP contribution in [0.3, 0.4) is 0 Å². The molecule has 2 nitrogen and oxygen atoms in total. The molecule has 0 bridgehead atoms. The van der Waals surface area contributed by atoms with E-state index < -0.39 is 0 Å². The van der Waals surface area contributed by atoms with Gasteiger partial charge in [0.25, 0.3) is 0 Å². The average molecular weight is 220 g/mol. The molecule has 0 saturated heterocycles. The van der Waals surface area contributed by atoms with Gasteiger partial charge in [-0.15, -0.1) is 0 Å². The summed E-state index contributed by atoms with van der Waals surface area (Å²) in [4.78, 5) is 4.49. The Balaban J connectivity index is 2.48. The first-order valence-corrected chi connectivity index (χ1v) is 5.99. The van der Waals surface area contributed by atoms with Crippen molar-refractivity contribution in [2.24, 2.45) is 0 Å². The normalized spacial score (nSPS) is 14.4. The van der Waals surface area contributed by atoms with Crippen LogP contribution < -0.4 is 10.4 Å². The molecule has 4 rings (SSSR count). The number of hydrogen-bond donors (Lipinski definition) is 0. The summed E-state index contributed by atoms with van der Waals surface area (Å²) in [6.07, 6.45) is 10.8. The highest BCUT2D eigenvalue weighted by atomic mass is 15.0. The number of para-hydroxylation sites is 1. The van der Waals surface area contributed by atoms with E-state index in [9.17, 15) is 0 Å². The van der Waals surface area contributed by atoms with Gasteiger partial charge in [0.1, 0.15) is 5.65 Å². The van der Waals surface area contributed by atoms with Gasteiger partial charge in [0, 0.05) is 23.0 Å². The summed E-state index contributed by atoms with van der Waals surface area (Å²) in [5, 5.41) is 3.97. The average Bonchev–Trinajstić information content (AvgIpc) is 2.89. The Bertz CT molecular complexity index is 840. The van der Waals surface area contributed by atoms with Crippen LogP contribution in [0, 0.1) is 0 Å². The van der Waals surface area contributed by atoms with Gasteiger partial charge in [-0.2, -0.15) is 0 Å². The third-order valence-electron chi connectivity index (χ3n) is 3.49. The standard InChI is InChI=1S/C15H12N2/c1-2-7-13-11(5-1)12-6-3-4-8-14(12)17-10-9-16-15(13)17/h3-10H,1-2H2. The Morgan fingerprint density at radius 1 is 1.00 bits per heavy atom. The second-order valence-electron chi connectivity index (χ2n) is 4.45. The van der Waals surface area contributed by atoms with E-state index in [1.807, 2.05) is 12.4 Å². The largest absolute Gasteiger partial charge is 0.299 e. The van der Waals surface area contributed by atoms with Crippen LogP contribution in [0.1, 0.15) is 12.8 Å². The first kappa shape index (κ1) is 8.99. The monoisotopic (exact) mass is 220 g/mol. The van der Waals surface area contributed by atoms with Crippen LogP contribution in [-0.4, -0.2) is 9.38 Å². The van der Waals surface area contributed by atoms with Gasteiger partial charge in [-0.1, -0.05) is 30.4 Å². The second-order valence-corrected chi connectivity index (χ2v) is 4.45. The van der Waals surface area contributed by atoms with Crippen molar-refractivity contribution in [1.29, 1.82) is 0 Å². The SMILES string of the molecule is C1=c2c(c3nccn3c3ccccc23)=CCC1. The lowest BCUT2D eigenvalue weighted by molar-refractivity contribution is 1.11. The number of hydrogen-bond acceptors (Lipinski definition) is 1. The van der Waals surface area contributed by atoms with E-state index in [1.54, 1.807) is 0 Å². The highest BCUT2D eigenvalue weighted by Gasteiger charge is 2.06. The minimum atomic E-state index is 1.08. The maximum Gasteiger partial charge on any atom is 0.144 e. The third-order valence-corrected chi connectivity index (χ3v) is 3.49. The number of rotatable bonds is 0. The minimum absolute atomic E-state index is 1.08. The summed E-state index contributed by atoms with van der Waals surface area (Å²) in [5.41, 5.74) is 2.32. The quantitative estimate of drug-likeness (QED) is 0.565. The van der Waals surface area contributed by atoms with Crippen molar-refractivity contribution in [2.75, 3.05) is 0 Å². The topological polar surface area (TPSA) is 17.3 Å². The van der Waals surface area contributed by atoms with Crippen molar-refractivity contribution in [3.8, 4) is 0 Å². The van der Waals surface area contributed by atoms with E-state index in [1.165, 1.54) is 21.3 Å². The minimum Gasteiger partial charge on any atom is -0.299 e. The number of imidazole rings is 1. The van der Waals surface area contributed by atoms with Gasteiger partial charge in [-0.25, -0.2) is 4.98 Å². The number of benzene rings is 1. The molecular formula is C15H12N2. The molecule has 82 valence electrons. The van der Waals surface area contributed by atoms with Crippen LogP contribution in [-0.2, 0) is 0 Å². The van der Waals surface area contributed by atoms with Crippen molar-refractivity contribution < 1.29 is 0 Å².